The van der Waals surface area contributed by atoms with Gasteiger partial charge in [-0.3, -0.25) is 4.79 Å². The molecule has 1 amide bonds. The summed E-state index contributed by atoms with van der Waals surface area (Å²) in [7, 11) is 0. The number of carbonyl (C=O) groups excluding carboxylic acids is 1. The fraction of sp³-hybridized carbons (Fsp3) is 0.0435. The highest BCUT2D eigenvalue weighted by atomic mass is 32.2. The standard InChI is InChI=1S/C23H17N3OS2/c27-20(26-23-25-18-12-6-7-13-19(18)29-23)14-28-22-16-10-4-5-11-17(16)24-21(22)15-8-2-1-3-9-15/h1-13,24H,14H2,(H,25,26,27). The van der Waals surface area contributed by atoms with Crippen LogP contribution in [0.3, 0.4) is 0 Å². The first kappa shape index (κ1) is 18.0. The van der Waals surface area contributed by atoms with Crippen LogP contribution in [0.2, 0.25) is 0 Å². The molecule has 0 aliphatic rings. The summed E-state index contributed by atoms with van der Waals surface area (Å²) < 4.78 is 1.07. The number of hydrogen-bond donors (Lipinski definition) is 2. The smallest absolute Gasteiger partial charge is 0.236 e. The number of hydrogen-bond acceptors (Lipinski definition) is 4. The lowest BCUT2D eigenvalue weighted by Gasteiger charge is -2.05. The lowest BCUT2D eigenvalue weighted by molar-refractivity contribution is -0.113. The van der Waals surface area contributed by atoms with Gasteiger partial charge in [-0.1, -0.05) is 72.0 Å². The Kier molecular flexibility index (Phi) is 4.79. The number of anilines is 1. The molecule has 0 fully saturated rings. The molecule has 6 heteroatoms. The van der Waals surface area contributed by atoms with Crippen molar-refractivity contribution >= 4 is 55.3 Å². The summed E-state index contributed by atoms with van der Waals surface area (Å²) in [6, 6.07) is 26.3. The van der Waals surface area contributed by atoms with E-state index < -0.39 is 0 Å². The van der Waals surface area contributed by atoms with E-state index in [0.717, 1.165) is 37.3 Å². The first-order valence-corrected chi connectivity index (χ1v) is 11.0. The zero-order valence-corrected chi connectivity index (χ0v) is 17.0. The van der Waals surface area contributed by atoms with Gasteiger partial charge >= 0.3 is 0 Å². The average molecular weight is 416 g/mol. The van der Waals surface area contributed by atoms with Gasteiger partial charge in [0.05, 0.1) is 21.7 Å². The van der Waals surface area contributed by atoms with Gasteiger partial charge < -0.3 is 10.3 Å². The van der Waals surface area contributed by atoms with Crippen LogP contribution in [-0.4, -0.2) is 21.6 Å². The van der Waals surface area contributed by atoms with Crippen LogP contribution in [0.5, 0.6) is 0 Å². The van der Waals surface area contributed by atoms with E-state index in [0.29, 0.717) is 10.9 Å². The maximum Gasteiger partial charge on any atom is 0.236 e. The lowest BCUT2D eigenvalue weighted by atomic mass is 10.1. The third kappa shape index (κ3) is 3.64. The zero-order valence-electron chi connectivity index (χ0n) is 15.4. The van der Waals surface area contributed by atoms with Crippen molar-refractivity contribution in [1.82, 2.24) is 9.97 Å². The zero-order chi connectivity index (χ0) is 19.6. The molecule has 0 radical (unpaired) electrons. The number of benzene rings is 3. The molecule has 2 heterocycles. The van der Waals surface area contributed by atoms with Gasteiger partial charge in [0.2, 0.25) is 5.91 Å². The van der Waals surface area contributed by atoms with Crippen molar-refractivity contribution in [3.63, 3.8) is 0 Å². The second kappa shape index (κ2) is 7.73. The number of rotatable bonds is 5. The second-order valence-corrected chi connectivity index (χ2v) is 8.58. The molecule has 0 unspecified atom stereocenters. The summed E-state index contributed by atoms with van der Waals surface area (Å²) in [6.07, 6.45) is 0. The van der Waals surface area contributed by atoms with E-state index in [1.54, 1.807) is 11.8 Å². The molecule has 2 aromatic heterocycles. The Morgan fingerprint density at radius 3 is 2.59 bits per heavy atom. The summed E-state index contributed by atoms with van der Waals surface area (Å²) >= 11 is 3.04. The van der Waals surface area contributed by atoms with Crippen LogP contribution in [-0.2, 0) is 4.79 Å². The van der Waals surface area contributed by atoms with E-state index in [1.165, 1.54) is 11.3 Å². The molecule has 5 rings (SSSR count). The first-order chi connectivity index (χ1) is 14.3. The van der Waals surface area contributed by atoms with Crippen LogP contribution < -0.4 is 5.32 Å². The van der Waals surface area contributed by atoms with Gasteiger partial charge in [0, 0.05) is 15.8 Å². The predicted octanol–water partition coefficient (Wildman–Crippen LogP) is 6.18. The number of para-hydroxylation sites is 2. The first-order valence-electron chi connectivity index (χ1n) is 9.22. The highest BCUT2D eigenvalue weighted by Gasteiger charge is 2.15. The SMILES string of the molecule is O=C(CSc1c(-c2ccccc2)[nH]c2ccccc12)Nc1nc2ccccc2s1. The van der Waals surface area contributed by atoms with Crippen LogP contribution in [0.4, 0.5) is 5.13 Å². The minimum atomic E-state index is -0.0571. The van der Waals surface area contributed by atoms with Gasteiger partial charge in [-0.25, -0.2) is 4.98 Å². The number of aromatic nitrogens is 2. The van der Waals surface area contributed by atoms with Crippen LogP contribution in [0, 0.1) is 0 Å². The summed E-state index contributed by atoms with van der Waals surface area (Å²) in [5.41, 5.74) is 4.13. The molecule has 0 saturated heterocycles. The lowest BCUT2D eigenvalue weighted by Crippen LogP contribution is -2.13. The van der Waals surface area contributed by atoms with Crippen molar-refractivity contribution in [3.05, 3.63) is 78.9 Å². The Morgan fingerprint density at radius 1 is 0.966 bits per heavy atom. The number of carbonyl (C=O) groups is 1. The molecular weight excluding hydrogens is 398 g/mol. The minimum Gasteiger partial charge on any atom is -0.354 e. The van der Waals surface area contributed by atoms with Gasteiger partial charge in [0.15, 0.2) is 5.13 Å². The van der Waals surface area contributed by atoms with E-state index in [-0.39, 0.29) is 5.91 Å². The Morgan fingerprint density at radius 2 is 1.72 bits per heavy atom. The van der Waals surface area contributed by atoms with Crippen LogP contribution in [0.15, 0.2) is 83.8 Å². The number of thiazole rings is 1. The molecule has 4 nitrogen and oxygen atoms in total. The maximum atomic E-state index is 12.6. The fourth-order valence-corrected chi connectivity index (χ4v) is 5.17. The number of nitrogens with one attached hydrogen (secondary N) is 2. The van der Waals surface area contributed by atoms with E-state index >= 15 is 0 Å². The number of amides is 1. The van der Waals surface area contributed by atoms with Crippen molar-refractivity contribution in [2.75, 3.05) is 11.1 Å². The van der Waals surface area contributed by atoms with Gasteiger partial charge in [0.25, 0.3) is 0 Å². The van der Waals surface area contributed by atoms with Crippen molar-refractivity contribution in [1.29, 1.82) is 0 Å². The summed E-state index contributed by atoms with van der Waals surface area (Å²) in [5.74, 6) is 0.260. The number of H-pyrrole nitrogens is 1. The molecule has 142 valence electrons. The molecule has 5 aromatic rings. The third-order valence-corrected chi connectivity index (χ3v) is 6.68. The monoisotopic (exact) mass is 415 g/mol. The van der Waals surface area contributed by atoms with Gasteiger partial charge in [-0.05, 0) is 23.8 Å². The van der Waals surface area contributed by atoms with Crippen LogP contribution in [0.1, 0.15) is 0 Å². The van der Waals surface area contributed by atoms with Crippen molar-refractivity contribution in [3.8, 4) is 11.3 Å². The maximum absolute atomic E-state index is 12.6. The Labute approximate surface area is 176 Å². The quantitative estimate of drug-likeness (QED) is 0.337. The van der Waals surface area contributed by atoms with E-state index in [4.69, 9.17) is 0 Å². The molecule has 0 aliphatic heterocycles. The van der Waals surface area contributed by atoms with Crippen molar-refractivity contribution in [2.24, 2.45) is 0 Å². The molecule has 0 bridgehead atoms. The third-order valence-electron chi connectivity index (χ3n) is 4.61. The molecule has 0 spiro atoms. The minimum absolute atomic E-state index is 0.0571. The predicted molar refractivity (Wildman–Crippen MR) is 123 cm³/mol. The molecule has 0 saturated carbocycles. The highest BCUT2D eigenvalue weighted by molar-refractivity contribution is 8.00. The molecule has 0 atom stereocenters. The number of fused-ring (bicyclic) bond motifs is 2. The molecular formula is C23H17N3OS2. The molecule has 29 heavy (non-hydrogen) atoms. The van der Waals surface area contributed by atoms with E-state index in [1.807, 2.05) is 54.6 Å². The summed E-state index contributed by atoms with van der Waals surface area (Å²) in [6.45, 7) is 0. The van der Waals surface area contributed by atoms with Gasteiger partial charge in [-0.2, -0.15) is 0 Å². The fourth-order valence-electron chi connectivity index (χ4n) is 3.29. The number of thioether (sulfide) groups is 1. The Hall–Kier alpha value is -3.09. The van der Waals surface area contributed by atoms with E-state index in [2.05, 4.69) is 39.6 Å². The van der Waals surface area contributed by atoms with Gasteiger partial charge in [-0.15, -0.1) is 11.8 Å². The molecule has 3 aromatic carbocycles. The topological polar surface area (TPSA) is 57.8 Å². The van der Waals surface area contributed by atoms with Crippen LogP contribution >= 0.6 is 23.1 Å². The normalized spacial score (nSPS) is 11.2. The largest absolute Gasteiger partial charge is 0.354 e. The molecule has 2 N–H and O–H groups in total. The Balaban J connectivity index is 1.39. The average Bonchev–Trinajstić information content (AvgIpc) is 3.33. The summed E-state index contributed by atoms with van der Waals surface area (Å²) in [4.78, 5) is 21.7. The number of nitrogens with zero attached hydrogens (tertiary/aromatic N) is 1. The number of aromatic amines is 1. The summed E-state index contributed by atoms with van der Waals surface area (Å²) in [5, 5.41) is 4.71. The van der Waals surface area contributed by atoms with E-state index in [9.17, 15) is 4.79 Å². The second-order valence-electron chi connectivity index (χ2n) is 6.56. The van der Waals surface area contributed by atoms with Gasteiger partial charge in [0.1, 0.15) is 0 Å². The van der Waals surface area contributed by atoms with Crippen molar-refractivity contribution in [2.45, 2.75) is 4.90 Å². The molecule has 0 aliphatic carbocycles. The van der Waals surface area contributed by atoms with Crippen LogP contribution in [0.25, 0.3) is 32.4 Å². The Bertz CT molecular complexity index is 1270. The van der Waals surface area contributed by atoms with Crippen molar-refractivity contribution < 1.29 is 4.79 Å². The highest BCUT2D eigenvalue weighted by Crippen LogP contribution is 2.37.